The molecule has 7 aliphatic carbocycles. The number of aryl methyl sites for hydroxylation is 2. The van der Waals surface area contributed by atoms with Crippen molar-refractivity contribution >= 4 is 32.9 Å². The lowest BCUT2D eigenvalue weighted by Gasteiger charge is -2.52. The van der Waals surface area contributed by atoms with E-state index < -0.39 is 16.1 Å². The highest BCUT2D eigenvalue weighted by atomic mass is 28.3. The third-order valence-corrected chi connectivity index (χ3v) is 29.4. The minimum absolute atomic E-state index is 0.105. The third-order valence-electron chi connectivity index (χ3n) is 16.9. The van der Waals surface area contributed by atoms with E-state index in [1.54, 1.807) is 21.2 Å². The first kappa shape index (κ1) is 43.5. The molecule has 2 aromatic rings. The molecule has 0 fully saturated rings. The van der Waals surface area contributed by atoms with Crippen LogP contribution in [0.2, 0.25) is 22.2 Å². The Kier molecular flexibility index (Phi) is 13.3. The molecule has 2 aromatic carbocycles. The predicted octanol–water partition coefficient (Wildman–Crippen LogP) is 15.7. The molecule has 0 N–H and O–H groups in total. The molecule has 8 aliphatic rings. The predicted molar refractivity (Wildman–Crippen MR) is 280 cm³/mol. The second kappa shape index (κ2) is 19.6. The summed E-state index contributed by atoms with van der Waals surface area (Å²) in [6.45, 7) is 4.53. The van der Waals surface area contributed by atoms with Crippen LogP contribution in [-0.2, 0) is 0 Å². The molecular formula is C60H72N2Si2. The number of hydrogen-bond acceptors (Lipinski definition) is 2. The van der Waals surface area contributed by atoms with Crippen LogP contribution in [0.3, 0.4) is 0 Å². The first-order chi connectivity index (χ1) is 31.6. The van der Waals surface area contributed by atoms with Crippen molar-refractivity contribution in [3.05, 3.63) is 183 Å². The van der Waals surface area contributed by atoms with E-state index in [4.69, 9.17) is 9.98 Å². The Morgan fingerprint density at radius 3 is 2.19 bits per heavy atom. The molecule has 330 valence electrons. The highest BCUT2D eigenvalue weighted by Gasteiger charge is 2.54. The number of hydrogen-bond donors (Lipinski definition) is 0. The van der Waals surface area contributed by atoms with Crippen molar-refractivity contribution in [3.8, 4) is 0 Å². The largest absolute Gasteiger partial charge is 0.258 e. The molecule has 10 rings (SSSR count). The molecule has 0 bridgehead atoms. The zero-order chi connectivity index (χ0) is 43.4. The standard InChI is InChI=1S/C60H72N2Si2/c1-45-24-21-25-46(2)59(45)60-61-57(47-26-22-40-55(42-47)63(49-28-9-3-10-29-49,50-30-11-4-12-31-50)51-32-13-5-14-33-51)44-58(62-60)48-27-23-41-56(43-48)64(52-34-15-6-16-35-52,53-36-17-7-18-37-53)54-38-19-8-20-39-54/h3-4,6-7,9-11,15,17,19,21,23-25,27-28,32,34,38-39,41-43,49-50,53,55,57H,5,8,12-14,16,18,20,22,26,29-31,33,35-37,40,44H2,1-2H3. The molecule has 7 unspecified atom stereocenters. The van der Waals surface area contributed by atoms with Gasteiger partial charge in [0, 0.05) is 12.0 Å². The second-order valence-corrected chi connectivity index (χ2v) is 29.5. The van der Waals surface area contributed by atoms with Gasteiger partial charge in [-0.25, -0.2) is 4.99 Å². The Morgan fingerprint density at radius 2 is 1.47 bits per heavy atom. The van der Waals surface area contributed by atoms with Crippen LogP contribution < -0.4 is 5.19 Å². The Hall–Kier alpha value is -4.39. The summed E-state index contributed by atoms with van der Waals surface area (Å²) in [4.78, 5) is 11.5. The molecule has 0 radical (unpaired) electrons. The zero-order valence-corrected chi connectivity index (χ0v) is 41.0. The highest BCUT2D eigenvalue weighted by molar-refractivity contribution is 7.04. The molecule has 2 nitrogen and oxygen atoms in total. The Bertz CT molecular complexity index is 2440. The van der Waals surface area contributed by atoms with Gasteiger partial charge in [-0.05, 0) is 179 Å². The van der Waals surface area contributed by atoms with Crippen LogP contribution in [0.5, 0.6) is 0 Å². The third kappa shape index (κ3) is 8.25. The number of aliphatic imine (C=N–C) groups is 2. The number of nitrogens with zero attached hydrogens (tertiary/aromatic N) is 2. The van der Waals surface area contributed by atoms with E-state index in [1.807, 2.05) is 5.20 Å². The fraction of sp³-hybridized carbons (Fsp3) is 0.433. The highest BCUT2D eigenvalue weighted by Crippen LogP contribution is 2.59. The molecule has 4 heteroatoms. The summed E-state index contributed by atoms with van der Waals surface area (Å²) >= 11 is 0. The van der Waals surface area contributed by atoms with Gasteiger partial charge in [-0.2, -0.15) is 0 Å². The van der Waals surface area contributed by atoms with Crippen molar-refractivity contribution in [2.45, 2.75) is 164 Å². The van der Waals surface area contributed by atoms with Crippen LogP contribution >= 0.6 is 0 Å². The summed E-state index contributed by atoms with van der Waals surface area (Å²) in [5.41, 5.74) is 10.7. The fourth-order valence-electron chi connectivity index (χ4n) is 14.1. The van der Waals surface area contributed by atoms with Crippen LogP contribution in [0, 0.1) is 13.8 Å². The van der Waals surface area contributed by atoms with Crippen LogP contribution in [-0.4, -0.2) is 33.7 Å². The van der Waals surface area contributed by atoms with Crippen LogP contribution in [0.15, 0.2) is 171 Å². The molecule has 0 aromatic heterocycles. The van der Waals surface area contributed by atoms with E-state index in [-0.39, 0.29) is 6.04 Å². The molecule has 0 amide bonds. The van der Waals surface area contributed by atoms with E-state index in [9.17, 15) is 0 Å². The zero-order valence-electron chi connectivity index (χ0n) is 39.0. The maximum atomic E-state index is 5.81. The molecule has 0 saturated carbocycles. The summed E-state index contributed by atoms with van der Waals surface area (Å²) in [6, 6.07) is 16.8. The van der Waals surface area contributed by atoms with Crippen LogP contribution in [0.4, 0.5) is 0 Å². The average Bonchev–Trinajstić information content (AvgIpc) is 3.37. The number of benzene rings is 2. The number of allylic oxidation sites excluding steroid dienone is 19. The van der Waals surface area contributed by atoms with Crippen LogP contribution in [0.1, 0.15) is 144 Å². The van der Waals surface area contributed by atoms with Gasteiger partial charge in [0.2, 0.25) is 0 Å². The molecule has 7 atom stereocenters. The minimum atomic E-state index is -2.37. The Morgan fingerprint density at radius 1 is 0.625 bits per heavy atom. The molecule has 1 heterocycles. The maximum Gasteiger partial charge on any atom is 0.155 e. The topological polar surface area (TPSA) is 24.7 Å². The number of rotatable bonds is 11. The van der Waals surface area contributed by atoms with Gasteiger partial charge in [-0.3, -0.25) is 4.99 Å². The summed E-state index contributed by atoms with van der Waals surface area (Å²) in [5.74, 6) is 0.950. The smallest absolute Gasteiger partial charge is 0.155 e. The first-order valence-corrected chi connectivity index (χ1v) is 30.0. The lowest BCUT2D eigenvalue weighted by molar-refractivity contribution is 0.594. The summed E-state index contributed by atoms with van der Waals surface area (Å²) in [6.07, 6.45) is 63.9. The monoisotopic (exact) mass is 877 g/mol. The van der Waals surface area contributed by atoms with Gasteiger partial charge in [0.05, 0.1) is 19.8 Å². The van der Waals surface area contributed by atoms with Gasteiger partial charge < -0.3 is 0 Å². The molecule has 1 aliphatic heterocycles. The van der Waals surface area contributed by atoms with Crippen molar-refractivity contribution in [1.29, 1.82) is 0 Å². The van der Waals surface area contributed by atoms with E-state index >= 15 is 0 Å². The van der Waals surface area contributed by atoms with Crippen molar-refractivity contribution < 1.29 is 0 Å². The average molecular weight is 877 g/mol. The van der Waals surface area contributed by atoms with Gasteiger partial charge in [-0.15, -0.1) is 0 Å². The quantitative estimate of drug-likeness (QED) is 0.159. The first-order valence-electron chi connectivity index (χ1n) is 25.7. The van der Waals surface area contributed by atoms with Gasteiger partial charge in [0.15, 0.2) is 5.84 Å². The van der Waals surface area contributed by atoms with Gasteiger partial charge in [0.1, 0.15) is 8.07 Å². The van der Waals surface area contributed by atoms with Gasteiger partial charge >= 0.3 is 0 Å². The lowest BCUT2D eigenvalue weighted by Crippen LogP contribution is -2.56. The van der Waals surface area contributed by atoms with Crippen molar-refractivity contribution in [2.24, 2.45) is 9.98 Å². The van der Waals surface area contributed by atoms with E-state index in [0.717, 1.165) is 43.5 Å². The molecule has 64 heavy (non-hydrogen) atoms. The number of amidine groups is 1. The maximum absolute atomic E-state index is 5.81. The summed E-state index contributed by atoms with van der Waals surface area (Å²) < 4.78 is 0. The Balaban J connectivity index is 1.10. The van der Waals surface area contributed by atoms with Crippen molar-refractivity contribution in [3.63, 3.8) is 0 Å². The minimum Gasteiger partial charge on any atom is -0.258 e. The van der Waals surface area contributed by atoms with Gasteiger partial charge in [0.25, 0.3) is 0 Å². The van der Waals surface area contributed by atoms with E-state index in [0.29, 0.717) is 16.6 Å². The molecule has 0 saturated heterocycles. The lowest BCUT2D eigenvalue weighted by atomic mass is 9.88. The SMILES string of the molecule is Cc1cccc(C)c1C1=NC(C2=CC([Si](C3=CCCCC3)(C3C=CC=CC3)C3CC=CCC3)CCC2)CC(c2cccc([Si](C3=CCCC=C3)(C3=CC=CCC3)C3CC=CCC3)c2)=N1. The summed E-state index contributed by atoms with van der Waals surface area (Å²) in [7, 11) is -4.43. The molecule has 0 spiro atoms. The normalized spacial score (nSPS) is 28.8. The Labute approximate surface area is 388 Å². The second-order valence-electron chi connectivity index (χ2n) is 20.5. The van der Waals surface area contributed by atoms with E-state index in [1.165, 1.54) is 118 Å². The van der Waals surface area contributed by atoms with Crippen LogP contribution in [0.25, 0.3) is 0 Å². The fourth-order valence-corrected chi connectivity index (χ4v) is 27.9. The van der Waals surface area contributed by atoms with Crippen molar-refractivity contribution in [2.75, 3.05) is 0 Å². The van der Waals surface area contributed by atoms with Gasteiger partial charge in [-0.1, -0.05) is 155 Å². The molecular weight excluding hydrogens is 805 g/mol. The van der Waals surface area contributed by atoms with Crippen molar-refractivity contribution in [1.82, 2.24) is 0 Å². The van der Waals surface area contributed by atoms with E-state index in [2.05, 4.69) is 154 Å². The summed E-state index contributed by atoms with van der Waals surface area (Å²) in [5, 5.41) is 6.89.